The van der Waals surface area contributed by atoms with Crippen molar-refractivity contribution >= 4 is 10.9 Å². The molecule has 4 heteroatoms. The molecule has 0 aliphatic heterocycles. The van der Waals surface area contributed by atoms with Gasteiger partial charge in [0.25, 0.3) is 0 Å². The van der Waals surface area contributed by atoms with Gasteiger partial charge in [-0.25, -0.2) is 4.98 Å². The molecule has 102 valence electrons. The van der Waals surface area contributed by atoms with Crippen molar-refractivity contribution in [3.8, 4) is 5.75 Å². The Labute approximate surface area is 113 Å². The molecule has 0 aliphatic carbocycles. The second kappa shape index (κ2) is 6.50. The van der Waals surface area contributed by atoms with E-state index in [0.29, 0.717) is 13.2 Å². The lowest BCUT2D eigenvalue weighted by atomic mass is 10.2. The monoisotopic (exact) mass is 260 g/mol. The van der Waals surface area contributed by atoms with Gasteiger partial charge in [-0.2, -0.15) is 0 Å². The lowest BCUT2D eigenvalue weighted by Crippen LogP contribution is -2.35. The van der Waals surface area contributed by atoms with E-state index in [-0.39, 0.29) is 6.04 Å². The molecule has 0 aliphatic rings. The van der Waals surface area contributed by atoms with Crippen molar-refractivity contribution in [2.24, 2.45) is 0 Å². The smallest absolute Gasteiger partial charge is 0.145 e. The maximum atomic E-state index is 5.87. The van der Waals surface area contributed by atoms with E-state index in [1.54, 1.807) is 7.11 Å². The molecule has 0 radical (unpaired) electrons. The lowest BCUT2D eigenvalue weighted by Gasteiger charge is -2.16. The number of hydrogen-bond acceptors (Lipinski definition) is 4. The molecule has 1 unspecified atom stereocenters. The van der Waals surface area contributed by atoms with Crippen LogP contribution < -0.4 is 10.1 Å². The van der Waals surface area contributed by atoms with Crippen LogP contribution in [0.3, 0.4) is 0 Å². The number of likely N-dealkylation sites (N-methyl/N-ethyl adjacent to an activating group) is 1. The SMILES string of the molecule is CNC(COC)COc1cccc2ccc(C)nc12. The summed E-state index contributed by atoms with van der Waals surface area (Å²) in [6.45, 7) is 3.16. The van der Waals surface area contributed by atoms with Crippen LogP contribution in [-0.4, -0.2) is 38.4 Å². The molecule has 0 spiro atoms. The summed E-state index contributed by atoms with van der Waals surface area (Å²) >= 11 is 0. The first-order valence-corrected chi connectivity index (χ1v) is 6.40. The van der Waals surface area contributed by atoms with Gasteiger partial charge in [-0.1, -0.05) is 18.2 Å². The van der Waals surface area contributed by atoms with Gasteiger partial charge >= 0.3 is 0 Å². The summed E-state index contributed by atoms with van der Waals surface area (Å²) in [6.07, 6.45) is 0. The molecule has 1 heterocycles. The zero-order chi connectivity index (χ0) is 13.7. The summed E-state index contributed by atoms with van der Waals surface area (Å²) in [6, 6.07) is 10.2. The number of para-hydroxylation sites is 1. The number of rotatable bonds is 6. The van der Waals surface area contributed by atoms with Gasteiger partial charge in [0.1, 0.15) is 17.9 Å². The Bertz CT molecular complexity index is 543. The third kappa shape index (κ3) is 3.43. The molecule has 0 saturated carbocycles. The van der Waals surface area contributed by atoms with Crippen molar-refractivity contribution in [2.75, 3.05) is 27.4 Å². The topological polar surface area (TPSA) is 43.4 Å². The van der Waals surface area contributed by atoms with Crippen LogP contribution in [0.2, 0.25) is 0 Å². The van der Waals surface area contributed by atoms with Gasteiger partial charge in [0, 0.05) is 18.2 Å². The average Bonchev–Trinajstić information content (AvgIpc) is 2.43. The van der Waals surface area contributed by atoms with Gasteiger partial charge in [-0.3, -0.25) is 0 Å². The van der Waals surface area contributed by atoms with Crippen molar-refractivity contribution < 1.29 is 9.47 Å². The van der Waals surface area contributed by atoms with E-state index in [4.69, 9.17) is 9.47 Å². The van der Waals surface area contributed by atoms with Crippen molar-refractivity contribution in [3.63, 3.8) is 0 Å². The minimum absolute atomic E-state index is 0.171. The van der Waals surface area contributed by atoms with Crippen LogP contribution in [0.1, 0.15) is 5.69 Å². The maximum absolute atomic E-state index is 5.87. The standard InChI is InChI=1S/C15H20N2O2/c1-11-7-8-12-5-4-6-14(15(12)17-11)19-10-13(16-2)9-18-3/h4-8,13,16H,9-10H2,1-3H3. The van der Waals surface area contributed by atoms with Gasteiger partial charge in [-0.15, -0.1) is 0 Å². The number of nitrogens with zero attached hydrogens (tertiary/aromatic N) is 1. The molecule has 0 amide bonds. The molecule has 1 aromatic heterocycles. The van der Waals surface area contributed by atoms with E-state index in [2.05, 4.69) is 16.4 Å². The first-order chi connectivity index (χ1) is 9.24. The summed E-state index contributed by atoms with van der Waals surface area (Å²) in [5.74, 6) is 0.817. The molecule has 19 heavy (non-hydrogen) atoms. The quantitative estimate of drug-likeness (QED) is 0.864. The fraction of sp³-hybridized carbons (Fsp3) is 0.400. The number of aryl methyl sites for hydroxylation is 1. The van der Waals surface area contributed by atoms with Gasteiger partial charge < -0.3 is 14.8 Å². The molecule has 2 rings (SSSR count). The molecular weight excluding hydrogens is 240 g/mol. The Morgan fingerprint density at radius 1 is 1.21 bits per heavy atom. The normalized spacial score (nSPS) is 12.6. The van der Waals surface area contributed by atoms with Gasteiger partial charge in [0.2, 0.25) is 0 Å². The molecule has 2 aromatic rings. The van der Waals surface area contributed by atoms with E-state index in [9.17, 15) is 0 Å². The molecule has 0 saturated heterocycles. The summed E-state index contributed by atoms with van der Waals surface area (Å²) in [5, 5.41) is 4.26. The second-order valence-corrected chi connectivity index (χ2v) is 4.53. The number of benzene rings is 1. The van der Waals surface area contributed by atoms with Gasteiger partial charge in [0.15, 0.2) is 0 Å². The van der Waals surface area contributed by atoms with E-state index >= 15 is 0 Å². The summed E-state index contributed by atoms with van der Waals surface area (Å²) < 4.78 is 11.0. The number of pyridine rings is 1. The highest BCUT2D eigenvalue weighted by atomic mass is 16.5. The van der Waals surface area contributed by atoms with E-state index < -0.39 is 0 Å². The number of hydrogen-bond donors (Lipinski definition) is 1. The average molecular weight is 260 g/mol. The first kappa shape index (κ1) is 13.8. The van der Waals surface area contributed by atoms with Crippen molar-refractivity contribution in [1.29, 1.82) is 0 Å². The summed E-state index contributed by atoms with van der Waals surface area (Å²) in [5.41, 5.74) is 1.90. The van der Waals surface area contributed by atoms with Crippen molar-refractivity contribution in [1.82, 2.24) is 10.3 Å². The highest BCUT2D eigenvalue weighted by Gasteiger charge is 2.09. The fourth-order valence-corrected chi connectivity index (χ4v) is 1.94. The Morgan fingerprint density at radius 2 is 2.05 bits per heavy atom. The number of aromatic nitrogens is 1. The van der Waals surface area contributed by atoms with E-state index in [1.807, 2.05) is 38.2 Å². The first-order valence-electron chi connectivity index (χ1n) is 6.40. The van der Waals surface area contributed by atoms with Gasteiger partial charge in [-0.05, 0) is 26.1 Å². The highest BCUT2D eigenvalue weighted by Crippen LogP contribution is 2.23. The van der Waals surface area contributed by atoms with Crippen LogP contribution in [0.25, 0.3) is 10.9 Å². The zero-order valence-electron chi connectivity index (χ0n) is 11.6. The predicted octanol–water partition coefficient (Wildman–Crippen LogP) is 2.16. The molecule has 0 bridgehead atoms. The molecule has 4 nitrogen and oxygen atoms in total. The molecule has 1 aromatic carbocycles. The number of ether oxygens (including phenoxy) is 2. The lowest BCUT2D eigenvalue weighted by molar-refractivity contribution is 0.140. The van der Waals surface area contributed by atoms with Crippen LogP contribution in [-0.2, 0) is 4.74 Å². The highest BCUT2D eigenvalue weighted by molar-refractivity contribution is 5.84. The zero-order valence-corrected chi connectivity index (χ0v) is 11.6. The Balaban J connectivity index is 2.18. The Morgan fingerprint density at radius 3 is 2.79 bits per heavy atom. The fourth-order valence-electron chi connectivity index (χ4n) is 1.94. The minimum atomic E-state index is 0.171. The summed E-state index contributed by atoms with van der Waals surface area (Å²) in [4.78, 5) is 4.55. The molecular formula is C15H20N2O2. The maximum Gasteiger partial charge on any atom is 0.145 e. The minimum Gasteiger partial charge on any atom is -0.490 e. The largest absolute Gasteiger partial charge is 0.490 e. The second-order valence-electron chi connectivity index (χ2n) is 4.53. The van der Waals surface area contributed by atoms with Crippen LogP contribution in [0.15, 0.2) is 30.3 Å². The Kier molecular flexibility index (Phi) is 4.71. The van der Waals surface area contributed by atoms with E-state index in [0.717, 1.165) is 22.3 Å². The van der Waals surface area contributed by atoms with E-state index in [1.165, 1.54) is 0 Å². The van der Waals surface area contributed by atoms with Crippen LogP contribution in [0.5, 0.6) is 5.75 Å². The third-order valence-electron chi connectivity index (χ3n) is 3.04. The van der Waals surface area contributed by atoms with Crippen LogP contribution in [0, 0.1) is 6.92 Å². The Hall–Kier alpha value is -1.65. The molecule has 0 fully saturated rings. The molecule has 1 atom stereocenters. The number of methoxy groups -OCH3 is 1. The van der Waals surface area contributed by atoms with Gasteiger partial charge in [0.05, 0.1) is 12.6 Å². The predicted molar refractivity (Wildman–Crippen MR) is 76.7 cm³/mol. The number of fused-ring (bicyclic) bond motifs is 1. The van der Waals surface area contributed by atoms with Crippen molar-refractivity contribution in [3.05, 3.63) is 36.0 Å². The van der Waals surface area contributed by atoms with Crippen LogP contribution >= 0.6 is 0 Å². The number of nitrogens with one attached hydrogen (secondary N) is 1. The summed E-state index contributed by atoms with van der Waals surface area (Å²) in [7, 11) is 3.59. The van der Waals surface area contributed by atoms with Crippen LogP contribution in [0.4, 0.5) is 0 Å². The third-order valence-corrected chi connectivity index (χ3v) is 3.04. The molecule has 1 N–H and O–H groups in total. The van der Waals surface area contributed by atoms with Crippen molar-refractivity contribution in [2.45, 2.75) is 13.0 Å².